The molecule has 0 fully saturated rings. The molecular weight excluding hydrogens is 139 g/mol. The number of hydrogen-bond donors (Lipinski definition) is 1. The first-order valence-electron chi connectivity index (χ1n) is 2.56. The predicted octanol–water partition coefficient (Wildman–Crippen LogP) is 1.05. The van der Waals surface area contributed by atoms with Crippen LogP contribution in [0, 0.1) is 12.1 Å². The Balaban J connectivity index is 2.98. The number of aryl methyl sites for hydroxylation is 1. The maximum Gasteiger partial charge on any atom is 0.199 e. The van der Waals surface area contributed by atoms with Crippen LogP contribution in [0.15, 0.2) is 0 Å². The maximum atomic E-state index is 12.4. The number of nitrogens with two attached hydrogens (primary N) is 1. The van der Waals surface area contributed by atoms with E-state index in [0.717, 1.165) is 11.3 Å². The number of hydrogen-bond acceptors (Lipinski definition) is 3. The highest BCUT2D eigenvalue weighted by atomic mass is 32.1. The number of rotatable bonds is 1. The number of halogens is 1. The lowest BCUT2D eigenvalue weighted by Crippen LogP contribution is -1.94. The molecule has 9 heavy (non-hydrogen) atoms. The van der Waals surface area contributed by atoms with Crippen LogP contribution in [0.2, 0.25) is 0 Å². The molecule has 50 valence electrons. The van der Waals surface area contributed by atoms with E-state index in [2.05, 4.69) is 4.98 Å². The second kappa shape index (κ2) is 2.41. The Morgan fingerprint density at radius 2 is 2.44 bits per heavy atom. The van der Waals surface area contributed by atoms with Crippen LogP contribution in [-0.4, -0.2) is 4.98 Å². The minimum Gasteiger partial charge on any atom is -0.325 e. The second-order valence-corrected chi connectivity index (χ2v) is 2.70. The molecule has 1 aromatic rings. The molecule has 0 aliphatic heterocycles. The zero-order valence-electron chi connectivity index (χ0n) is 5.02. The molecule has 0 saturated heterocycles. The molecule has 2 N–H and O–H groups in total. The smallest absolute Gasteiger partial charge is 0.199 e. The van der Waals surface area contributed by atoms with Gasteiger partial charge in [-0.2, -0.15) is 4.39 Å². The fourth-order valence-corrected chi connectivity index (χ4v) is 1.18. The van der Waals surface area contributed by atoms with Crippen molar-refractivity contribution >= 4 is 11.3 Å². The van der Waals surface area contributed by atoms with E-state index in [1.54, 1.807) is 6.92 Å². The van der Waals surface area contributed by atoms with Crippen molar-refractivity contribution in [3.8, 4) is 0 Å². The quantitative estimate of drug-likeness (QED) is 0.643. The summed E-state index contributed by atoms with van der Waals surface area (Å²) in [6.45, 7) is 1.96. The summed E-state index contributed by atoms with van der Waals surface area (Å²) in [6, 6.07) is 0. The average molecular weight is 146 g/mol. The molecule has 4 heteroatoms. The molecule has 1 aromatic heterocycles. The minimum atomic E-state index is -0.226. The molecule has 0 saturated carbocycles. The van der Waals surface area contributed by atoms with Gasteiger partial charge in [0.15, 0.2) is 5.13 Å². The van der Waals surface area contributed by atoms with E-state index in [1.165, 1.54) is 0 Å². The first-order valence-corrected chi connectivity index (χ1v) is 3.37. The largest absolute Gasteiger partial charge is 0.325 e. The summed E-state index contributed by atoms with van der Waals surface area (Å²) in [7, 11) is 0. The Morgan fingerprint density at radius 1 is 1.78 bits per heavy atom. The minimum absolute atomic E-state index is 0.226. The van der Waals surface area contributed by atoms with Crippen molar-refractivity contribution in [3.05, 3.63) is 15.8 Å². The average Bonchev–Trinajstić information content (AvgIpc) is 2.13. The zero-order chi connectivity index (χ0) is 6.85. The fourth-order valence-electron chi connectivity index (χ4n) is 0.518. The second-order valence-electron chi connectivity index (χ2n) is 1.67. The molecule has 1 heterocycles. The van der Waals surface area contributed by atoms with E-state index in [1.807, 2.05) is 0 Å². The molecular formula is C5H7FN2S. The van der Waals surface area contributed by atoms with Crippen LogP contribution in [0.1, 0.15) is 10.7 Å². The van der Waals surface area contributed by atoms with Crippen LogP contribution in [0.4, 0.5) is 4.39 Å². The summed E-state index contributed by atoms with van der Waals surface area (Å²) in [6.07, 6.45) is 0. The highest BCUT2D eigenvalue weighted by Gasteiger charge is 2.03. The van der Waals surface area contributed by atoms with Gasteiger partial charge in [-0.1, -0.05) is 11.3 Å². The standard InChI is InChI=1S/C5H7FN2S/c1-3-5(6)9-4(2-7)8-3/h2,7H2,1H3. The SMILES string of the molecule is Cc1nc(CN)sc1F. The van der Waals surface area contributed by atoms with Crippen LogP contribution >= 0.6 is 11.3 Å². The molecule has 0 amide bonds. The van der Waals surface area contributed by atoms with E-state index < -0.39 is 0 Å². The van der Waals surface area contributed by atoms with Gasteiger partial charge in [0, 0.05) is 6.54 Å². The van der Waals surface area contributed by atoms with Gasteiger partial charge in [-0.05, 0) is 6.92 Å². The zero-order valence-corrected chi connectivity index (χ0v) is 5.83. The Morgan fingerprint density at radius 3 is 2.67 bits per heavy atom. The first-order chi connectivity index (χ1) is 4.24. The molecule has 0 atom stereocenters. The lowest BCUT2D eigenvalue weighted by molar-refractivity contribution is 0.643. The maximum absolute atomic E-state index is 12.4. The number of thiazole rings is 1. The molecule has 1 rings (SSSR count). The lowest BCUT2D eigenvalue weighted by atomic mass is 10.5. The van der Waals surface area contributed by atoms with Crippen molar-refractivity contribution < 1.29 is 4.39 Å². The third kappa shape index (κ3) is 1.25. The van der Waals surface area contributed by atoms with Gasteiger partial charge in [0.05, 0.1) is 5.69 Å². The predicted molar refractivity (Wildman–Crippen MR) is 34.7 cm³/mol. The Labute approximate surface area is 56.5 Å². The van der Waals surface area contributed by atoms with Gasteiger partial charge in [0.1, 0.15) is 5.01 Å². The van der Waals surface area contributed by atoms with E-state index in [9.17, 15) is 4.39 Å². The number of nitrogens with zero attached hydrogens (tertiary/aromatic N) is 1. The van der Waals surface area contributed by atoms with E-state index >= 15 is 0 Å². The normalized spacial score (nSPS) is 10.1. The summed E-state index contributed by atoms with van der Waals surface area (Å²) in [4.78, 5) is 3.85. The summed E-state index contributed by atoms with van der Waals surface area (Å²) in [5.41, 5.74) is 5.66. The van der Waals surface area contributed by atoms with Crippen LogP contribution in [-0.2, 0) is 6.54 Å². The number of aromatic nitrogens is 1. The van der Waals surface area contributed by atoms with Crippen LogP contribution < -0.4 is 5.73 Å². The van der Waals surface area contributed by atoms with E-state index in [4.69, 9.17) is 5.73 Å². The van der Waals surface area contributed by atoms with E-state index in [-0.39, 0.29) is 5.13 Å². The van der Waals surface area contributed by atoms with Crippen molar-refractivity contribution in [1.29, 1.82) is 0 Å². The third-order valence-electron chi connectivity index (χ3n) is 0.959. The molecule has 0 radical (unpaired) electrons. The molecule has 0 aliphatic carbocycles. The monoisotopic (exact) mass is 146 g/mol. The summed E-state index contributed by atoms with van der Waals surface area (Å²) in [5.74, 6) is 0. The van der Waals surface area contributed by atoms with Gasteiger partial charge in [-0.25, -0.2) is 4.98 Å². The van der Waals surface area contributed by atoms with Crippen molar-refractivity contribution in [3.63, 3.8) is 0 Å². The molecule has 0 bridgehead atoms. The fraction of sp³-hybridized carbons (Fsp3) is 0.400. The summed E-state index contributed by atoms with van der Waals surface area (Å²) >= 11 is 1.01. The molecule has 2 nitrogen and oxygen atoms in total. The van der Waals surface area contributed by atoms with Gasteiger partial charge in [0.25, 0.3) is 0 Å². The van der Waals surface area contributed by atoms with Crippen molar-refractivity contribution in [2.45, 2.75) is 13.5 Å². The summed E-state index contributed by atoms with van der Waals surface area (Å²) in [5, 5.41) is 0.431. The molecule has 0 spiro atoms. The molecule has 0 aliphatic rings. The van der Waals surface area contributed by atoms with Crippen LogP contribution in [0.3, 0.4) is 0 Å². The van der Waals surface area contributed by atoms with Crippen molar-refractivity contribution in [2.75, 3.05) is 0 Å². The molecule has 0 aromatic carbocycles. The van der Waals surface area contributed by atoms with Crippen molar-refractivity contribution in [1.82, 2.24) is 4.98 Å². The molecule has 0 unspecified atom stereocenters. The van der Waals surface area contributed by atoms with Crippen LogP contribution in [0.25, 0.3) is 0 Å². The summed E-state index contributed by atoms with van der Waals surface area (Å²) < 4.78 is 12.4. The Bertz CT molecular complexity index is 189. The van der Waals surface area contributed by atoms with E-state index in [0.29, 0.717) is 17.2 Å². The van der Waals surface area contributed by atoms with Gasteiger partial charge in [0.2, 0.25) is 0 Å². The van der Waals surface area contributed by atoms with Gasteiger partial charge < -0.3 is 5.73 Å². The van der Waals surface area contributed by atoms with Crippen LogP contribution in [0.5, 0.6) is 0 Å². The van der Waals surface area contributed by atoms with Gasteiger partial charge >= 0.3 is 0 Å². The van der Waals surface area contributed by atoms with Crippen molar-refractivity contribution in [2.24, 2.45) is 5.73 Å². The first kappa shape index (κ1) is 6.64. The Kier molecular flexibility index (Phi) is 1.78. The Hall–Kier alpha value is -0.480. The highest BCUT2D eigenvalue weighted by Crippen LogP contribution is 2.14. The van der Waals surface area contributed by atoms with Gasteiger partial charge in [-0.15, -0.1) is 0 Å². The lowest BCUT2D eigenvalue weighted by Gasteiger charge is -1.79. The third-order valence-corrected chi connectivity index (χ3v) is 1.93. The van der Waals surface area contributed by atoms with Gasteiger partial charge in [-0.3, -0.25) is 0 Å². The topological polar surface area (TPSA) is 38.9 Å². The highest BCUT2D eigenvalue weighted by molar-refractivity contribution is 7.10.